The standard InChI is InChI=1S/C9H7Cl2NO3S/c10-7-2-1-6(5-8(7)11)9-12(13)15-3-4-16(9)14/h1-2,5H,3-4H2. The van der Waals surface area contributed by atoms with Crippen LogP contribution >= 0.6 is 23.2 Å². The summed E-state index contributed by atoms with van der Waals surface area (Å²) in [5.41, 5.74) is 0.461. The van der Waals surface area contributed by atoms with Gasteiger partial charge >= 0.3 is 5.04 Å². The van der Waals surface area contributed by atoms with E-state index in [1.807, 2.05) is 0 Å². The third-order valence-corrected chi connectivity index (χ3v) is 4.12. The van der Waals surface area contributed by atoms with Gasteiger partial charge in [0.1, 0.15) is 10.8 Å². The van der Waals surface area contributed by atoms with Crippen molar-refractivity contribution in [3.05, 3.63) is 39.0 Å². The van der Waals surface area contributed by atoms with E-state index in [2.05, 4.69) is 0 Å². The molecule has 0 bridgehead atoms. The van der Waals surface area contributed by atoms with E-state index in [1.165, 1.54) is 6.07 Å². The maximum absolute atomic E-state index is 11.7. The van der Waals surface area contributed by atoms with Crippen LogP contribution in [0, 0.1) is 5.21 Å². The van der Waals surface area contributed by atoms with Crippen LogP contribution in [0.3, 0.4) is 0 Å². The summed E-state index contributed by atoms with van der Waals surface area (Å²) in [6.45, 7) is 0.154. The van der Waals surface area contributed by atoms with Crippen molar-refractivity contribution in [1.29, 1.82) is 0 Å². The Morgan fingerprint density at radius 2 is 2.12 bits per heavy atom. The molecule has 0 saturated carbocycles. The van der Waals surface area contributed by atoms with Crippen molar-refractivity contribution in [3.8, 4) is 0 Å². The zero-order valence-corrected chi connectivity index (χ0v) is 10.3. The van der Waals surface area contributed by atoms with Crippen LogP contribution < -0.4 is 0 Å². The molecular weight excluding hydrogens is 273 g/mol. The lowest BCUT2D eigenvalue weighted by atomic mass is 10.2. The van der Waals surface area contributed by atoms with Gasteiger partial charge in [0.25, 0.3) is 0 Å². The molecule has 0 radical (unpaired) electrons. The molecule has 1 unspecified atom stereocenters. The third kappa shape index (κ3) is 2.16. The van der Waals surface area contributed by atoms with Gasteiger partial charge in [0, 0.05) is 5.75 Å². The van der Waals surface area contributed by atoms with Crippen LogP contribution in [0.1, 0.15) is 5.56 Å². The summed E-state index contributed by atoms with van der Waals surface area (Å²) in [6.07, 6.45) is 0. The van der Waals surface area contributed by atoms with Gasteiger partial charge in [-0.25, -0.2) is 4.21 Å². The number of hydrogen-bond acceptors (Lipinski definition) is 3. The molecule has 1 aromatic carbocycles. The number of benzene rings is 1. The first-order chi connectivity index (χ1) is 7.59. The van der Waals surface area contributed by atoms with Crippen molar-refractivity contribution in [2.75, 3.05) is 12.4 Å². The first-order valence-electron chi connectivity index (χ1n) is 4.40. The van der Waals surface area contributed by atoms with Crippen molar-refractivity contribution in [2.45, 2.75) is 0 Å². The van der Waals surface area contributed by atoms with Gasteiger partial charge in [0.15, 0.2) is 0 Å². The number of halogens is 2. The van der Waals surface area contributed by atoms with Crippen molar-refractivity contribution >= 4 is 39.0 Å². The fourth-order valence-electron chi connectivity index (χ4n) is 1.30. The fourth-order valence-corrected chi connectivity index (χ4v) is 2.63. The molecule has 0 amide bonds. The van der Waals surface area contributed by atoms with Gasteiger partial charge in [-0.1, -0.05) is 23.2 Å². The van der Waals surface area contributed by atoms with Crippen LogP contribution in [-0.2, 0) is 15.6 Å². The van der Waals surface area contributed by atoms with E-state index in [-0.39, 0.29) is 16.6 Å². The van der Waals surface area contributed by atoms with Gasteiger partial charge in [-0.15, -0.1) is 0 Å². The summed E-state index contributed by atoms with van der Waals surface area (Å²) in [7, 11) is -1.37. The molecule has 7 heteroatoms. The highest BCUT2D eigenvalue weighted by molar-refractivity contribution is 8.00. The van der Waals surface area contributed by atoms with Crippen LogP contribution in [0.25, 0.3) is 0 Å². The van der Waals surface area contributed by atoms with Crippen molar-refractivity contribution in [3.63, 3.8) is 0 Å². The van der Waals surface area contributed by atoms with Gasteiger partial charge in [-0.2, -0.15) is 0 Å². The van der Waals surface area contributed by atoms with Crippen molar-refractivity contribution in [2.24, 2.45) is 0 Å². The predicted molar refractivity (Wildman–Crippen MR) is 63.2 cm³/mol. The highest BCUT2D eigenvalue weighted by atomic mass is 35.5. The highest BCUT2D eigenvalue weighted by Gasteiger charge is 2.27. The minimum absolute atomic E-state index is 0.0739. The number of rotatable bonds is 1. The van der Waals surface area contributed by atoms with E-state index in [9.17, 15) is 9.42 Å². The van der Waals surface area contributed by atoms with E-state index in [1.54, 1.807) is 12.1 Å². The van der Waals surface area contributed by atoms with Crippen molar-refractivity contribution in [1.82, 2.24) is 0 Å². The first kappa shape index (κ1) is 11.7. The molecule has 0 spiro atoms. The van der Waals surface area contributed by atoms with Crippen molar-refractivity contribution < 1.29 is 13.9 Å². The molecule has 0 aliphatic carbocycles. The molecule has 0 N–H and O–H groups in total. The quantitative estimate of drug-likeness (QED) is 0.739. The smallest absolute Gasteiger partial charge is 0.338 e. The van der Waals surface area contributed by atoms with E-state index < -0.39 is 10.8 Å². The van der Waals surface area contributed by atoms with E-state index in [0.717, 1.165) is 0 Å². The number of hydrogen-bond donors (Lipinski definition) is 0. The molecule has 0 fully saturated rings. The van der Waals surface area contributed by atoms with Crippen LogP contribution in [0.15, 0.2) is 18.2 Å². The Balaban J connectivity index is 2.50. The summed E-state index contributed by atoms with van der Waals surface area (Å²) in [4.78, 5) is 5.03. The molecule has 0 aromatic heterocycles. The Hall–Kier alpha value is -0.780. The van der Waals surface area contributed by atoms with E-state index in [0.29, 0.717) is 21.4 Å². The molecule has 1 heterocycles. The molecule has 1 aliphatic rings. The van der Waals surface area contributed by atoms with Gasteiger partial charge in [-0.3, -0.25) is 5.21 Å². The average Bonchev–Trinajstić information content (AvgIpc) is 2.23. The Morgan fingerprint density at radius 1 is 1.38 bits per heavy atom. The summed E-state index contributed by atoms with van der Waals surface area (Å²) in [6, 6.07) is 4.63. The molecule has 4 nitrogen and oxygen atoms in total. The second-order valence-electron chi connectivity index (χ2n) is 3.07. The topological polar surface area (TPSA) is 52.4 Å². The van der Waals surface area contributed by atoms with Crippen LogP contribution in [-0.4, -0.2) is 26.5 Å². The Bertz CT molecular complexity index is 490. The molecular formula is C9H7Cl2NO3S. The first-order valence-corrected chi connectivity index (χ1v) is 6.48. The highest BCUT2D eigenvalue weighted by Crippen LogP contribution is 2.23. The lowest BCUT2D eigenvalue weighted by Crippen LogP contribution is -2.31. The molecule has 1 aromatic rings. The monoisotopic (exact) mass is 279 g/mol. The molecule has 1 aliphatic heterocycles. The molecule has 16 heavy (non-hydrogen) atoms. The third-order valence-electron chi connectivity index (χ3n) is 2.03. The summed E-state index contributed by atoms with van der Waals surface area (Å²) in [5.74, 6) is 0.300. The SMILES string of the molecule is O=S1CCO[N+]([O-])=C1c1ccc(Cl)c(Cl)c1. The summed E-state index contributed by atoms with van der Waals surface area (Å²) >= 11 is 11.6. The zero-order valence-electron chi connectivity index (χ0n) is 7.98. The minimum atomic E-state index is -1.37. The molecule has 2 rings (SSSR count). The molecule has 1 atom stereocenters. The Kier molecular flexibility index (Phi) is 3.37. The fraction of sp³-hybridized carbons (Fsp3) is 0.222. The predicted octanol–water partition coefficient (Wildman–Crippen LogP) is 1.94. The summed E-state index contributed by atoms with van der Waals surface area (Å²) in [5, 5.41) is 12.2. The lowest BCUT2D eigenvalue weighted by molar-refractivity contribution is -0.739. The Morgan fingerprint density at radius 3 is 2.75 bits per heavy atom. The normalized spacial score (nSPS) is 20.8. The van der Waals surface area contributed by atoms with E-state index in [4.69, 9.17) is 28.0 Å². The van der Waals surface area contributed by atoms with E-state index >= 15 is 0 Å². The second kappa shape index (κ2) is 4.61. The maximum Gasteiger partial charge on any atom is 0.338 e. The summed E-state index contributed by atoms with van der Waals surface area (Å²) < 4.78 is 11.7. The Labute approximate surface area is 104 Å². The minimum Gasteiger partial charge on any atom is -0.401 e. The van der Waals surface area contributed by atoms with Gasteiger partial charge in [-0.05, 0) is 18.2 Å². The van der Waals surface area contributed by atoms with Crippen LogP contribution in [0.2, 0.25) is 10.0 Å². The van der Waals surface area contributed by atoms with Crippen LogP contribution in [0.4, 0.5) is 0 Å². The van der Waals surface area contributed by atoms with Gasteiger partial charge in [0.2, 0.25) is 0 Å². The second-order valence-corrected chi connectivity index (χ2v) is 5.37. The molecule has 86 valence electrons. The van der Waals surface area contributed by atoms with Crippen LogP contribution in [0.5, 0.6) is 0 Å². The van der Waals surface area contributed by atoms with Gasteiger partial charge in [0.05, 0.1) is 27.1 Å². The largest absolute Gasteiger partial charge is 0.401 e. The van der Waals surface area contributed by atoms with Gasteiger partial charge < -0.3 is 4.84 Å². The molecule has 0 saturated heterocycles. The maximum atomic E-state index is 11.7. The lowest BCUT2D eigenvalue weighted by Gasteiger charge is -2.14. The number of nitrogens with zero attached hydrogens (tertiary/aromatic N) is 1. The average molecular weight is 280 g/mol. The zero-order chi connectivity index (χ0) is 11.7.